The van der Waals surface area contributed by atoms with Crippen LogP contribution in [0.5, 0.6) is 0 Å². The third-order valence-electron chi connectivity index (χ3n) is 7.64. The van der Waals surface area contributed by atoms with Crippen LogP contribution in [0, 0.1) is 0 Å². The zero-order chi connectivity index (χ0) is 29.4. The van der Waals surface area contributed by atoms with Gasteiger partial charge in [-0.05, 0) is 19.3 Å². The van der Waals surface area contributed by atoms with Gasteiger partial charge in [0.1, 0.15) is 6.61 Å². The highest BCUT2D eigenvalue weighted by atomic mass is 16.6. The molecule has 0 radical (unpaired) electrons. The summed E-state index contributed by atoms with van der Waals surface area (Å²) >= 11 is 0. The van der Waals surface area contributed by atoms with Crippen LogP contribution in [0.15, 0.2) is 0 Å². The van der Waals surface area contributed by atoms with Crippen LogP contribution in [-0.2, 0) is 23.8 Å². The van der Waals surface area contributed by atoms with Crippen LogP contribution in [0.25, 0.3) is 0 Å². The van der Waals surface area contributed by atoms with Gasteiger partial charge in [-0.2, -0.15) is 0 Å². The minimum atomic E-state index is -0.515. The molecule has 1 unspecified atom stereocenters. The fourth-order valence-corrected chi connectivity index (χ4v) is 4.98. The highest BCUT2D eigenvalue weighted by Crippen LogP contribution is 2.13. The number of ether oxygens (including phenoxy) is 3. The van der Waals surface area contributed by atoms with Crippen molar-refractivity contribution in [3.63, 3.8) is 0 Å². The Kier molecular flexibility index (Phi) is 31.5. The molecule has 0 amide bonds. The fourth-order valence-electron chi connectivity index (χ4n) is 4.98. The van der Waals surface area contributed by atoms with E-state index in [4.69, 9.17) is 14.2 Å². The molecule has 0 heterocycles. The summed E-state index contributed by atoms with van der Waals surface area (Å²) in [5.74, 6) is -0.409. The molecule has 0 aromatic carbocycles. The Balaban J connectivity index is 4.08. The van der Waals surface area contributed by atoms with E-state index >= 15 is 0 Å². The Morgan fingerprint density at radius 1 is 0.450 bits per heavy atom. The summed E-state index contributed by atoms with van der Waals surface area (Å²) in [6.07, 6.45) is 29.7. The molecule has 0 bridgehead atoms. The summed E-state index contributed by atoms with van der Waals surface area (Å²) in [7, 11) is 0. The van der Waals surface area contributed by atoms with Crippen LogP contribution in [0.2, 0.25) is 0 Å². The van der Waals surface area contributed by atoms with Crippen LogP contribution < -0.4 is 0 Å². The first-order chi connectivity index (χ1) is 19.6. The van der Waals surface area contributed by atoms with Crippen molar-refractivity contribution in [3.8, 4) is 0 Å². The summed E-state index contributed by atoms with van der Waals surface area (Å²) in [5, 5.41) is 0. The molecule has 0 fully saturated rings. The average Bonchev–Trinajstić information content (AvgIpc) is 2.95. The molecule has 0 N–H and O–H groups in total. The minimum absolute atomic E-state index is 0.0926. The molecule has 0 spiro atoms. The largest absolute Gasteiger partial charge is 0.462 e. The zero-order valence-electron chi connectivity index (χ0n) is 27.1. The molecular formula is C35H68O5. The second-order valence-electron chi connectivity index (χ2n) is 11.8. The van der Waals surface area contributed by atoms with Gasteiger partial charge in [0.25, 0.3) is 0 Å². The molecule has 0 saturated carbocycles. The Morgan fingerprint density at radius 2 is 0.825 bits per heavy atom. The lowest BCUT2D eigenvalue weighted by atomic mass is 10.1. The van der Waals surface area contributed by atoms with Gasteiger partial charge in [0, 0.05) is 19.4 Å². The predicted molar refractivity (Wildman–Crippen MR) is 169 cm³/mol. The quantitative estimate of drug-likeness (QED) is 0.0596. The van der Waals surface area contributed by atoms with Gasteiger partial charge in [-0.1, -0.05) is 156 Å². The second kappa shape index (κ2) is 32.4. The molecule has 0 aromatic rings. The average molecular weight is 569 g/mol. The first-order valence-electron chi connectivity index (χ1n) is 17.6. The molecule has 40 heavy (non-hydrogen) atoms. The number of hydrogen-bond donors (Lipinski definition) is 0. The molecule has 0 saturated heterocycles. The van der Waals surface area contributed by atoms with Gasteiger partial charge >= 0.3 is 11.9 Å². The summed E-state index contributed by atoms with van der Waals surface area (Å²) in [6.45, 7) is 7.73. The van der Waals surface area contributed by atoms with E-state index in [0.717, 1.165) is 38.5 Å². The Bertz CT molecular complexity index is 536. The number of unbranched alkanes of at least 4 members (excludes halogenated alkanes) is 21. The number of carbonyl (C=O) groups excluding carboxylic acids is 2. The summed E-state index contributed by atoms with van der Waals surface area (Å²) in [4.78, 5) is 24.6. The van der Waals surface area contributed by atoms with Crippen molar-refractivity contribution in [2.75, 3.05) is 19.8 Å². The van der Waals surface area contributed by atoms with Crippen LogP contribution in [-0.4, -0.2) is 37.9 Å². The van der Waals surface area contributed by atoms with E-state index in [0.29, 0.717) is 26.1 Å². The summed E-state index contributed by atoms with van der Waals surface area (Å²) in [5.41, 5.74) is 0. The third-order valence-corrected chi connectivity index (χ3v) is 7.64. The maximum Gasteiger partial charge on any atom is 0.306 e. The standard InChI is InChI=1S/C35H68O5/c1-4-7-10-13-15-16-17-18-19-21-24-27-30-38-31-33(40-35(37)29-26-22-12-9-6-3)32-39-34(36)28-25-23-20-14-11-8-5-2/h33H,4-32H2,1-3H3. The van der Waals surface area contributed by atoms with Gasteiger partial charge in [-0.15, -0.1) is 0 Å². The van der Waals surface area contributed by atoms with Crippen molar-refractivity contribution < 1.29 is 23.8 Å². The number of carbonyl (C=O) groups is 2. The number of rotatable bonds is 32. The summed E-state index contributed by atoms with van der Waals surface area (Å²) < 4.78 is 17.0. The minimum Gasteiger partial charge on any atom is -0.462 e. The maximum atomic E-state index is 12.4. The van der Waals surface area contributed by atoms with Gasteiger partial charge < -0.3 is 14.2 Å². The van der Waals surface area contributed by atoms with Gasteiger partial charge in [0.2, 0.25) is 0 Å². The Hall–Kier alpha value is -1.10. The van der Waals surface area contributed by atoms with E-state index in [-0.39, 0.29) is 18.5 Å². The molecule has 5 nitrogen and oxygen atoms in total. The molecule has 1 atom stereocenters. The lowest BCUT2D eigenvalue weighted by Gasteiger charge is -2.18. The first-order valence-corrected chi connectivity index (χ1v) is 17.6. The smallest absolute Gasteiger partial charge is 0.306 e. The first kappa shape index (κ1) is 38.9. The van der Waals surface area contributed by atoms with Crippen molar-refractivity contribution in [1.82, 2.24) is 0 Å². The van der Waals surface area contributed by atoms with Gasteiger partial charge in [0.05, 0.1) is 6.61 Å². The van der Waals surface area contributed by atoms with Crippen LogP contribution in [0.4, 0.5) is 0 Å². The van der Waals surface area contributed by atoms with Crippen LogP contribution >= 0.6 is 0 Å². The molecule has 0 aliphatic carbocycles. The van der Waals surface area contributed by atoms with E-state index in [1.54, 1.807) is 0 Å². The van der Waals surface area contributed by atoms with E-state index in [1.165, 1.54) is 116 Å². The zero-order valence-corrected chi connectivity index (χ0v) is 27.1. The van der Waals surface area contributed by atoms with E-state index < -0.39 is 6.10 Å². The molecule has 0 aromatic heterocycles. The van der Waals surface area contributed by atoms with Gasteiger partial charge in [0.15, 0.2) is 6.10 Å². The lowest BCUT2D eigenvalue weighted by molar-refractivity contribution is -0.163. The van der Waals surface area contributed by atoms with E-state index in [2.05, 4.69) is 20.8 Å². The van der Waals surface area contributed by atoms with Crippen molar-refractivity contribution in [2.45, 2.75) is 194 Å². The fraction of sp³-hybridized carbons (Fsp3) is 0.943. The molecule has 0 aliphatic heterocycles. The van der Waals surface area contributed by atoms with Crippen molar-refractivity contribution in [2.24, 2.45) is 0 Å². The predicted octanol–water partition coefficient (Wildman–Crippen LogP) is 10.7. The topological polar surface area (TPSA) is 61.8 Å². The second-order valence-corrected chi connectivity index (χ2v) is 11.8. The number of hydrogen-bond acceptors (Lipinski definition) is 5. The third kappa shape index (κ3) is 29.9. The molecule has 0 rings (SSSR count). The molecule has 5 heteroatoms. The van der Waals surface area contributed by atoms with E-state index in [9.17, 15) is 9.59 Å². The lowest BCUT2D eigenvalue weighted by Crippen LogP contribution is -2.30. The summed E-state index contributed by atoms with van der Waals surface area (Å²) in [6, 6.07) is 0. The van der Waals surface area contributed by atoms with Crippen LogP contribution in [0.1, 0.15) is 188 Å². The number of esters is 2. The van der Waals surface area contributed by atoms with Crippen LogP contribution in [0.3, 0.4) is 0 Å². The van der Waals surface area contributed by atoms with E-state index in [1.807, 2.05) is 0 Å². The van der Waals surface area contributed by atoms with Crippen molar-refractivity contribution in [3.05, 3.63) is 0 Å². The van der Waals surface area contributed by atoms with Crippen molar-refractivity contribution >= 4 is 11.9 Å². The Morgan fingerprint density at radius 3 is 1.27 bits per heavy atom. The Labute approximate surface area is 249 Å². The van der Waals surface area contributed by atoms with Gasteiger partial charge in [-0.25, -0.2) is 0 Å². The SMILES string of the molecule is CCCCCCCCCCCCCCOCC(COC(=O)CCCCCCCCC)OC(=O)CCCCCCC. The van der Waals surface area contributed by atoms with Crippen molar-refractivity contribution in [1.29, 1.82) is 0 Å². The normalized spacial score (nSPS) is 12.0. The highest BCUT2D eigenvalue weighted by Gasteiger charge is 2.17. The molecule has 0 aliphatic rings. The molecule has 238 valence electrons. The van der Waals surface area contributed by atoms with Gasteiger partial charge in [-0.3, -0.25) is 9.59 Å². The highest BCUT2D eigenvalue weighted by molar-refractivity contribution is 5.70. The monoisotopic (exact) mass is 569 g/mol. The molecular weight excluding hydrogens is 500 g/mol. The maximum absolute atomic E-state index is 12.4.